The van der Waals surface area contributed by atoms with Crippen molar-refractivity contribution in [2.45, 2.75) is 25.9 Å². The van der Waals surface area contributed by atoms with Crippen LogP contribution in [0, 0.1) is 13.8 Å². The molecule has 0 aromatic heterocycles. The number of amides is 1. The van der Waals surface area contributed by atoms with Crippen molar-refractivity contribution >= 4 is 67.3 Å². The van der Waals surface area contributed by atoms with Crippen molar-refractivity contribution in [3.63, 3.8) is 0 Å². The number of aliphatic imine (C=N–C) groups is 1. The topological polar surface area (TPSA) is 78.8 Å². The zero-order chi connectivity index (χ0) is 22.3. The molecule has 164 valence electrons. The van der Waals surface area contributed by atoms with E-state index in [2.05, 4.69) is 10.3 Å². The second kappa shape index (κ2) is 8.65. The van der Waals surface area contributed by atoms with Crippen LogP contribution in [-0.4, -0.2) is 48.8 Å². The highest BCUT2D eigenvalue weighted by molar-refractivity contribution is 8.14. The van der Waals surface area contributed by atoms with Crippen molar-refractivity contribution in [2.75, 3.05) is 27.5 Å². The van der Waals surface area contributed by atoms with Crippen molar-refractivity contribution in [1.29, 1.82) is 0 Å². The molecule has 1 amide bonds. The summed E-state index contributed by atoms with van der Waals surface area (Å²) in [5, 5.41) is 4.43. The van der Waals surface area contributed by atoms with Gasteiger partial charge in [-0.15, -0.1) is 0 Å². The predicted molar refractivity (Wildman–Crippen MR) is 130 cm³/mol. The van der Waals surface area contributed by atoms with Crippen LogP contribution in [0.15, 0.2) is 41.4 Å². The van der Waals surface area contributed by atoms with Gasteiger partial charge in [-0.3, -0.25) is 9.79 Å². The molecule has 4 rings (SSSR count). The average molecular weight is 498 g/mol. The smallest absolute Gasteiger partial charge is 0.234 e. The van der Waals surface area contributed by atoms with E-state index >= 15 is 0 Å². The first-order valence-corrected chi connectivity index (χ1v) is 13.2. The quantitative estimate of drug-likeness (QED) is 0.679. The molecule has 0 bridgehead atoms. The lowest BCUT2D eigenvalue weighted by Gasteiger charge is -2.26. The molecule has 0 saturated carbocycles. The molecule has 10 heteroatoms. The molecule has 6 nitrogen and oxygen atoms in total. The van der Waals surface area contributed by atoms with Crippen LogP contribution in [0.4, 0.5) is 11.4 Å². The van der Waals surface area contributed by atoms with E-state index in [1.54, 1.807) is 18.2 Å². The maximum absolute atomic E-state index is 12.6. The number of anilines is 2. The zero-order valence-electron chi connectivity index (χ0n) is 16.9. The number of amidine groups is 1. The van der Waals surface area contributed by atoms with Crippen molar-refractivity contribution in [3.05, 3.63) is 57.6 Å². The number of hydrogen-bond donors (Lipinski definition) is 1. The standard InChI is InChI=1S/C21H21Cl2N3O3S2/c1-12-4-3-5-17(13(12)2)24-20(27)9-30-21-25-18-10-31(28,29)11-19(18)26(21)16-7-14(22)6-15(23)8-16/h3-8,18-19H,9-11H2,1-2H3,(H,24,27)/t18-,19-/m1/s1. The van der Waals surface area contributed by atoms with Gasteiger partial charge in [-0.25, -0.2) is 8.42 Å². The summed E-state index contributed by atoms with van der Waals surface area (Å²) in [6.07, 6.45) is 0. The molecule has 2 aliphatic heterocycles. The van der Waals surface area contributed by atoms with Crippen LogP contribution >= 0.6 is 35.0 Å². The van der Waals surface area contributed by atoms with Crippen LogP contribution in [0.5, 0.6) is 0 Å². The Morgan fingerprint density at radius 3 is 2.61 bits per heavy atom. The third-order valence-electron chi connectivity index (χ3n) is 5.44. The zero-order valence-corrected chi connectivity index (χ0v) is 20.1. The molecular formula is C21H21Cl2N3O3S2. The lowest BCUT2D eigenvalue weighted by atomic mass is 10.1. The van der Waals surface area contributed by atoms with E-state index in [1.807, 2.05) is 36.9 Å². The first-order valence-electron chi connectivity index (χ1n) is 9.65. The Balaban J connectivity index is 1.54. The third-order valence-corrected chi connectivity index (χ3v) is 8.55. The number of nitrogens with one attached hydrogen (secondary N) is 1. The minimum atomic E-state index is -3.17. The maximum atomic E-state index is 12.6. The van der Waals surface area contributed by atoms with E-state index in [-0.39, 0.29) is 35.2 Å². The number of carbonyl (C=O) groups is 1. The van der Waals surface area contributed by atoms with Gasteiger partial charge >= 0.3 is 0 Å². The van der Waals surface area contributed by atoms with E-state index in [0.29, 0.717) is 20.9 Å². The number of carbonyl (C=O) groups excluding carboxylic acids is 1. The van der Waals surface area contributed by atoms with Crippen LogP contribution < -0.4 is 10.2 Å². The first-order chi connectivity index (χ1) is 14.6. The SMILES string of the molecule is Cc1cccc(NC(=O)CSC2=N[C@@H]3CS(=O)(=O)C[C@H]3N2c2cc(Cl)cc(Cl)c2)c1C. The van der Waals surface area contributed by atoms with Gasteiger partial charge in [0.05, 0.1) is 29.3 Å². The predicted octanol–water partition coefficient (Wildman–Crippen LogP) is 4.32. The number of thioether (sulfide) groups is 1. The summed E-state index contributed by atoms with van der Waals surface area (Å²) in [6.45, 7) is 3.96. The Morgan fingerprint density at radius 2 is 1.90 bits per heavy atom. The summed E-state index contributed by atoms with van der Waals surface area (Å²) >= 11 is 13.6. The number of aryl methyl sites for hydroxylation is 1. The van der Waals surface area contributed by atoms with Crippen LogP contribution in [0.25, 0.3) is 0 Å². The number of rotatable bonds is 4. The number of hydrogen-bond acceptors (Lipinski definition) is 6. The molecule has 0 unspecified atom stereocenters. The Labute approximate surface area is 195 Å². The maximum Gasteiger partial charge on any atom is 0.234 e. The number of fused-ring (bicyclic) bond motifs is 1. The fourth-order valence-corrected chi connectivity index (χ4v) is 7.10. The number of benzene rings is 2. The Kier molecular flexibility index (Phi) is 6.27. The van der Waals surface area contributed by atoms with Gasteiger partial charge in [0.2, 0.25) is 5.91 Å². The monoisotopic (exact) mass is 497 g/mol. The lowest BCUT2D eigenvalue weighted by molar-refractivity contribution is -0.113. The van der Waals surface area contributed by atoms with Crippen LogP contribution in [0.2, 0.25) is 10.0 Å². The Morgan fingerprint density at radius 1 is 1.19 bits per heavy atom. The van der Waals surface area contributed by atoms with E-state index in [0.717, 1.165) is 16.8 Å². The molecule has 31 heavy (non-hydrogen) atoms. The van der Waals surface area contributed by atoms with E-state index in [1.165, 1.54) is 11.8 Å². The minimum Gasteiger partial charge on any atom is -0.325 e. The number of halogens is 2. The highest BCUT2D eigenvalue weighted by atomic mass is 35.5. The Bertz CT molecular complexity index is 1160. The van der Waals surface area contributed by atoms with Gasteiger partial charge in [-0.05, 0) is 49.2 Å². The van der Waals surface area contributed by atoms with Gasteiger partial charge < -0.3 is 10.2 Å². The van der Waals surface area contributed by atoms with E-state index in [4.69, 9.17) is 23.2 Å². The molecule has 2 heterocycles. The summed E-state index contributed by atoms with van der Waals surface area (Å²) in [5.74, 6) is -0.00999. The van der Waals surface area contributed by atoms with Crippen molar-refractivity contribution < 1.29 is 13.2 Å². The number of sulfone groups is 1. The fraction of sp³-hybridized carbons (Fsp3) is 0.333. The second-order valence-electron chi connectivity index (χ2n) is 7.71. The molecule has 1 N–H and O–H groups in total. The van der Waals surface area contributed by atoms with Gasteiger partial charge in [0.25, 0.3) is 0 Å². The normalized spacial score (nSPS) is 21.7. The highest BCUT2D eigenvalue weighted by Crippen LogP contribution is 2.37. The lowest BCUT2D eigenvalue weighted by Crippen LogP contribution is -2.39. The van der Waals surface area contributed by atoms with E-state index in [9.17, 15) is 13.2 Å². The molecule has 2 aromatic carbocycles. The second-order valence-corrected chi connectivity index (χ2v) is 11.7. The van der Waals surface area contributed by atoms with E-state index < -0.39 is 9.84 Å². The highest BCUT2D eigenvalue weighted by Gasteiger charge is 2.47. The number of nitrogens with zero attached hydrogens (tertiary/aromatic N) is 2. The van der Waals surface area contributed by atoms with Crippen LogP contribution in [0.3, 0.4) is 0 Å². The third kappa shape index (κ3) is 4.87. The van der Waals surface area contributed by atoms with Crippen LogP contribution in [0.1, 0.15) is 11.1 Å². The molecule has 2 aliphatic rings. The first kappa shape index (κ1) is 22.5. The Hall–Kier alpha value is -1.74. The minimum absolute atomic E-state index is 0.00120. The van der Waals surface area contributed by atoms with Crippen molar-refractivity contribution in [3.8, 4) is 0 Å². The summed E-state index contributed by atoms with van der Waals surface area (Å²) in [6, 6.07) is 10.1. The van der Waals surface area contributed by atoms with Gasteiger partial charge in [-0.2, -0.15) is 0 Å². The molecule has 0 aliphatic carbocycles. The van der Waals surface area contributed by atoms with Gasteiger partial charge in [0.1, 0.15) is 0 Å². The van der Waals surface area contributed by atoms with Crippen molar-refractivity contribution in [2.24, 2.45) is 4.99 Å². The molecule has 1 fully saturated rings. The molecule has 1 saturated heterocycles. The molecule has 0 spiro atoms. The molecular weight excluding hydrogens is 477 g/mol. The average Bonchev–Trinajstić information content (AvgIpc) is 3.14. The molecule has 2 atom stereocenters. The summed E-state index contributed by atoms with van der Waals surface area (Å²) in [7, 11) is -3.17. The van der Waals surface area contributed by atoms with Crippen molar-refractivity contribution in [1.82, 2.24) is 0 Å². The fourth-order valence-electron chi connectivity index (χ4n) is 3.82. The van der Waals surface area contributed by atoms with Crippen LogP contribution in [-0.2, 0) is 14.6 Å². The summed E-state index contributed by atoms with van der Waals surface area (Å²) in [5.41, 5.74) is 3.57. The molecule has 0 radical (unpaired) electrons. The largest absolute Gasteiger partial charge is 0.325 e. The summed E-state index contributed by atoms with van der Waals surface area (Å²) < 4.78 is 24.3. The van der Waals surface area contributed by atoms with Gasteiger partial charge in [0.15, 0.2) is 15.0 Å². The molecule has 2 aromatic rings. The van der Waals surface area contributed by atoms with Gasteiger partial charge in [-0.1, -0.05) is 47.1 Å². The summed E-state index contributed by atoms with van der Waals surface area (Å²) in [4.78, 5) is 19.1. The van der Waals surface area contributed by atoms with Gasteiger partial charge in [0, 0.05) is 21.4 Å².